The number of ether oxygens (including phenoxy) is 2. The van der Waals surface area contributed by atoms with E-state index < -0.39 is 22.8 Å². The highest BCUT2D eigenvalue weighted by molar-refractivity contribution is 6.31. The van der Waals surface area contributed by atoms with Gasteiger partial charge in [-0.15, -0.1) is 0 Å². The second kappa shape index (κ2) is 10.7. The minimum Gasteiger partial charge on any atom is -0.457 e. The minimum atomic E-state index is -4.64. The molecular weight excluding hydrogens is 523 g/mol. The number of alkyl halides is 3. The van der Waals surface area contributed by atoms with Crippen molar-refractivity contribution in [3.05, 3.63) is 77.4 Å². The van der Waals surface area contributed by atoms with Crippen molar-refractivity contribution >= 4 is 45.9 Å². The normalized spacial score (nSPS) is 13.8. The molecule has 4 aromatic rings. The smallest absolute Gasteiger partial charge is 0.417 e. The summed E-state index contributed by atoms with van der Waals surface area (Å²) in [5.41, 5.74) is 0.670. The molecule has 0 saturated carbocycles. The topological polar surface area (TPSA) is 88.6 Å². The Morgan fingerprint density at radius 1 is 0.947 bits per heavy atom. The fraction of sp³-hybridized carbons (Fsp3) is 0.192. The lowest BCUT2D eigenvalue weighted by Gasteiger charge is -2.27. The Bertz CT molecular complexity index is 1480. The number of amides is 2. The summed E-state index contributed by atoms with van der Waals surface area (Å²) in [6, 6.07) is 14.3. The lowest BCUT2D eigenvalue weighted by atomic mass is 10.2. The van der Waals surface area contributed by atoms with Crippen LogP contribution in [0.5, 0.6) is 11.5 Å². The van der Waals surface area contributed by atoms with E-state index in [1.807, 2.05) is 0 Å². The van der Waals surface area contributed by atoms with Gasteiger partial charge in [0.05, 0.1) is 41.0 Å². The van der Waals surface area contributed by atoms with E-state index in [0.29, 0.717) is 35.9 Å². The molecule has 0 radical (unpaired) electrons. The van der Waals surface area contributed by atoms with Gasteiger partial charge in [0.1, 0.15) is 17.3 Å². The van der Waals surface area contributed by atoms with Gasteiger partial charge in [-0.1, -0.05) is 17.7 Å². The molecule has 1 saturated heterocycles. The second-order valence-electron chi connectivity index (χ2n) is 8.38. The highest BCUT2D eigenvalue weighted by atomic mass is 35.5. The summed E-state index contributed by atoms with van der Waals surface area (Å²) in [5.74, 6) is 1.72. The van der Waals surface area contributed by atoms with Crippen molar-refractivity contribution in [2.75, 3.05) is 41.8 Å². The van der Waals surface area contributed by atoms with Crippen molar-refractivity contribution in [3.63, 3.8) is 0 Å². The number of anilines is 3. The van der Waals surface area contributed by atoms with E-state index in [1.54, 1.807) is 48.7 Å². The number of benzene rings is 3. The number of urea groups is 1. The molecule has 0 aliphatic carbocycles. The molecule has 2 heterocycles. The number of carbonyl (C=O) groups excluding carboxylic acids is 1. The fourth-order valence-corrected chi connectivity index (χ4v) is 4.10. The van der Waals surface area contributed by atoms with Crippen molar-refractivity contribution in [1.82, 2.24) is 9.97 Å². The van der Waals surface area contributed by atoms with Crippen LogP contribution in [0.25, 0.3) is 11.0 Å². The molecule has 3 aromatic carbocycles. The number of nitrogens with one attached hydrogen (secondary N) is 2. The molecule has 5 rings (SSSR count). The van der Waals surface area contributed by atoms with Crippen LogP contribution >= 0.6 is 11.6 Å². The van der Waals surface area contributed by atoms with Crippen LogP contribution in [-0.2, 0) is 10.9 Å². The van der Waals surface area contributed by atoms with Crippen LogP contribution in [0, 0.1) is 0 Å². The van der Waals surface area contributed by atoms with Gasteiger partial charge in [-0.3, -0.25) is 4.98 Å². The van der Waals surface area contributed by atoms with E-state index in [1.165, 1.54) is 6.07 Å². The van der Waals surface area contributed by atoms with Crippen LogP contribution < -0.4 is 20.3 Å². The summed E-state index contributed by atoms with van der Waals surface area (Å²) in [5, 5.41) is 4.50. The van der Waals surface area contributed by atoms with Crippen LogP contribution in [0.15, 0.2) is 66.9 Å². The molecule has 0 bridgehead atoms. The first-order valence-electron chi connectivity index (χ1n) is 11.6. The van der Waals surface area contributed by atoms with E-state index in [2.05, 4.69) is 20.5 Å². The monoisotopic (exact) mass is 543 g/mol. The van der Waals surface area contributed by atoms with Crippen molar-refractivity contribution in [1.29, 1.82) is 0 Å². The number of halogens is 4. The quantitative estimate of drug-likeness (QED) is 0.296. The predicted octanol–water partition coefficient (Wildman–Crippen LogP) is 6.57. The molecule has 8 nitrogen and oxygen atoms in total. The number of aromatic nitrogens is 2. The molecule has 1 fully saturated rings. The van der Waals surface area contributed by atoms with Crippen LogP contribution in [0.4, 0.5) is 35.2 Å². The summed E-state index contributed by atoms with van der Waals surface area (Å²) < 4.78 is 50.6. The Kier molecular flexibility index (Phi) is 7.21. The second-order valence-corrected chi connectivity index (χ2v) is 8.79. The van der Waals surface area contributed by atoms with Gasteiger partial charge in [0.25, 0.3) is 0 Å². The molecular formula is C26H21ClF3N5O3. The van der Waals surface area contributed by atoms with E-state index in [-0.39, 0.29) is 5.69 Å². The third kappa shape index (κ3) is 6.06. The number of hydrogen-bond donors (Lipinski definition) is 2. The number of morpholine rings is 1. The molecule has 0 atom stereocenters. The van der Waals surface area contributed by atoms with Crippen molar-refractivity contribution in [3.8, 4) is 11.5 Å². The van der Waals surface area contributed by atoms with Crippen molar-refractivity contribution in [2.45, 2.75) is 6.18 Å². The first kappa shape index (κ1) is 25.6. The van der Waals surface area contributed by atoms with Crippen LogP contribution in [0.1, 0.15) is 5.56 Å². The zero-order valence-corrected chi connectivity index (χ0v) is 20.5. The lowest BCUT2D eigenvalue weighted by molar-refractivity contribution is -0.137. The molecule has 1 aliphatic rings. The number of carbonyl (C=O) groups is 1. The maximum Gasteiger partial charge on any atom is 0.417 e. The SMILES string of the molecule is O=C(Nc1cccc(Oc2ccc3ncc(N4CCOCC4)nc3c2)c1)Nc1ccc(Cl)c(C(F)(F)F)c1. The predicted molar refractivity (Wildman–Crippen MR) is 138 cm³/mol. The van der Waals surface area contributed by atoms with E-state index in [0.717, 1.165) is 36.6 Å². The van der Waals surface area contributed by atoms with Gasteiger partial charge in [-0.05, 0) is 42.5 Å². The van der Waals surface area contributed by atoms with Crippen molar-refractivity contribution < 1.29 is 27.4 Å². The molecule has 1 aromatic heterocycles. The molecule has 12 heteroatoms. The van der Waals surface area contributed by atoms with Crippen LogP contribution in [0.3, 0.4) is 0 Å². The molecule has 0 spiro atoms. The highest BCUT2D eigenvalue weighted by Crippen LogP contribution is 2.36. The first-order valence-corrected chi connectivity index (χ1v) is 11.9. The van der Waals surface area contributed by atoms with Gasteiger partial charge in [-0.25, -0.2) is 9.78 Å². The summed E-state index contributed by atoms with van der Waals surface area (Å²) in [4.78, 5) is 23.7. The lowest BCUT2D eigenvalue weighted by Crippen LogP contribution is -2.36. The third-order valence-electron chi connectivity index (χ3n) is 5.69. The molecule has 1 aliphatic heterocycles. The molecule has 196 valence electrons. The fourth-order valence-electron chi connectivity index (χ4n) is 3.88. The van der Waals surface area contributed by atoms with Crippen LogP contribution in [-0.4, -0.2) is 42.3 Å². The zero-order chi connectivity index (χ0) is 26.7. The summed E-state index contributed by atoms with van der Waals surface area (Å²) in [7, 11) is 0. The average molecular weight is 544 g/mol. The largest absolute Gasteiger partial charge is 0.457 e. The van der Waals surface area contributed by atoms with Gasteiger partial charge in [0.15, 0.2) is 0 Å². The third-order valence-corrected chi connectivity index (χ3v) is 6.02. The van der Waals surface area contributed by atoms with Crippen molar-refractivity contribution in [2.24, 2.45) is 0 Å². The summed E-state index contributed by atoms with van der Waals surface area (Å²) in [6.45, 7) is 2.76. The van der Waals surface area contributed by atoms with E-state index in [4.69, 9.17) is 26.1 Å². The summed E-state index contributed by atoms with van der Waals surface area (Å²) in [6.07, 6.45) is -2.91. The molecule has 2 N–H and O–H groups in total. The number of nitrogens with zero attached hydrogens (tertiary/aromatic N) is 3. The van der Waals surface area contributed by atoms with Gasteiger partial charge >= 0.3 is 12.2 Å². The van der Waals surface area contributed by atoms with E-state index >= 15 is 0 Å². The molecule has 38 heavy (non-hydrogen) atoms. The summed E-state index contributed by atoms with van der Waals surface area (Å²) >= 11 is 5.63. The highest BCUT2D eigenvalue weighted by Gasteiger charge is 2.33. The maximum atomic E-state index is 13.1. The maximum absolute atomic E-state index is 13.1. The Morgan fingerprint density at radius 2 is 1.68 bits per heavy atom. The average Bonchev–Trinajstić information content (AvgIpc) is 2.89. The molecule has 0 unspecified atom stereocenters. The Labute approximate surface area is 220 Å². The standard InChI is InChI=1S/C26H21ClF3N5O3/c27-21-6-4-17(13-20(21)26(28,29)30)33-25(36)32-16-2-1-3-18(12-16)38-19-5-7-22-23(14-19)34-24(15-31-22)35-8-10-37-11-9-35/h1-7,12-15H,8-11H2,(H2,32,33,36). The Balaban J connectivity index is 1.27. The minimum absolute atomic E-state index is 0.0552. The van der Waals surface area contributed by atoms with E-state index in [9.17, 15) is 18.0 Å². The molecule has 2 amide bonds. The van der Waals surface area contributed by atoms with Gasteiger partial charge in [0.2, 0.25) is 0 Å². The Hall–Kier alpha value is -4.09. The van der Waals surface area contributed by atoms with Gasteiger partial charge < -0.3 is 25.0 Å². The zero-order valence-electron chi connectivity index (χ0n) is 19.8. The van der Waals surface area contributed by atoms with Gasteiger partial charge in [-0.2, -0.15) is 13.2 Å². The van der Waals surface area contributed by atoms with Crippen LogP contribution in [0.2, 0.25) is 5.02 Å². The first-order chi connectivity index (χ1) is 18.2. The Morgan fingerprint density at radius 3 is 2.45 bits per heavy atom. The number of fused-ring (bicyclic) bond motifs is 1. The van der Waals surface area contributed by atoms with Gasteiger partial charge in [0, 0.05) is 36.6 Å². The number of rotatable bonds is 5. The number of hydrogen-bond acceptors (Lipinski definition) is 6.